The van der Waals surface area contributed by atoms with E-state index in [4.69, 9.17) is 0 Å². The van der Waals surface area contributed by atoms with Crippen LogP contribution < -0.4 is 5.32 Å². The standard InChI is InChI=1S/C14H20N2.C8H8FN.C7H8F2N2/c1-12(14-9-6-10-16(14)2)15-11-13-7-4-3-5-8-13;9-8-7(6-3-4-6)2-1-5-10-8;1-2-4-11-5-3-6(10-11)7(8)9/h3-5,7-8,14-15H,1,6,9-11H2,2H3;1-2,5-6H,3-4H2;2-3,5,7H,1,4H2. The number of nitrogens with zero attached hydrogens (tertiary/aromatic N) is 4. The molecule has 1 atom stereocenters. The number of benzene rings is 1. The van der Waals surface area contributed by atoms with Gasteiger partial charge >= 0.3 is 0 Å². The van der Waals surface area contributed by atoms with Crippen molar-refractivity contribution in [3.8, 4) is 0 Å². The van der Waals surface area contributed by atoms with Gasteiger partial charge in [-0.15, -0.1) is 6.58 Å². The molecule has 1 aliphatic heterocycles. The Balaban J connectivity index is 0.000000160. The minimum absolute atomic E-state index is 0.188. The molecule has 3 aromatic rings. The fraction of sp³-hybridized carbons (Fsp3) is 0.379. The summed E-state index contributed by atoms with van der Waals surface area (Å²) in [6, 6.07) is 15.9. The molecule has 1 aromatic carbocycles. The highest BCUT2D eigenvalue weighted by Gasteiger charge is 2.26. The molecule has 5 nitrogen and oxygen atoms in total. The van der Waals surface area contributed by atoms with Crippen molar-refractivity contribution in [3.63, 3.8) is 0 Å². The molecule has 1 aliphatic carbocycles. The summed E-state index contributed by atoms with van der Waals surface area (Å²) < 4.78 is 38.0. The van der Waals surface area contributed by atoms with Crippen molar-refractivity contribution in [2.24, 2.45) is 0 Å². The van der Waals surface area contributed by atoms with Crippen LogP contribution in [0.5, 0.6) is 0 Å². The molecule has 3 heterocycles. The molecular weight excluding hydrogens is 475 g/mol. The zero-order valence-corrected chi connectivity index (χ0v) is 21.4. The second kappa shape index (κ2) is 14.4. The van der Waals surface area contributed by atoms with Crippen molar-refractivity contribution in [1.82, 2.24) is 25.0 Å². The number of pyridine rings is 1. The van der Waals surface area contributed by atoms with Crippen LogP contribution in [0.1, 0.15) is 54.8 Å². The molecule has 2 aliphatic rings. The van der Waals surface area contributed by atoms with Crippen LogP contribution in [0, 0.1) is 5.95 Å². The van der Waals surface area contributed by atoms with Crippen LogP contribution in [-0.2, 0) is 13.1 Å². The third kappa shape index (κ3) is 9.21. The maximum Gasteiger partial charge on any atom is 0.282 e. The van der Waals surface area contributed by atoms with E-state index >= 15 is 0 Å². The lowest BCUT2D eigenvalue weighted by Crippen LogP contribution is -2.32. The van der Waals surface area contributed by atoms with Gasteiger partial charge in [0.1, 0.15) is 5.69 Å². The second-order valence-electron chi connectivity index (χ2n) is 9.21. The van der Waals surface area contributed by atoms with Crippen LogP contribution >= 0.6 is 0 Å². The number of allylic oxidation sites excluding steroid dienone is 1. The third-order valence-electron chi connectivity index (χ3n) is 6.29. The second-order valence-corrected chi connectivity index (χ2v) is 9.21. The number of likely N-dealkylation sites (tertiary alicyclic amines) is 1. The fourth-order valence-electron chi connectivity index (χ4n) is 4.10. The number of hydrogen-bond donors (Lipinski definition) is 1. The van der Waals surface area contributed by atoms with Crippen LogP contribution in [0.2, 0.25) is 0 Å². The molecule has 1 saturated heterocycles. The fourth-order valence-corrected chi connectivity index (χ4v) is 4.10. The van der Waals surface area contributed by atoms with E-state index in [1.54, 1.807) is 12.1 Å². The molecule has 5 rings (SSSR count). The summed E-state index contributed by atoms with van der Waals surface area (Å²) in [6.07, 6.45) is 6.88. The Bertz CT molecular complexity index is 1110. The van der Waals surface area contributed by atoms with Gasteiger partial charge in [0, 0.05) is 36.2 Å². The molecule has 198 valence electrons. The molecule has 1 unspecified atom stereocenters. The van der Waals surface area contributed by atoms with Gasteiger partial charge in [0.2, 0.25) is 5.95 Å². The van der Waals surface area contributed by atoms with Crippen LogP contribution in [0.3, 0.4) is 0 Å². The Morgan fingerprint density at radius 1 is 1.14 bits per heavy atom. The Labute approximate surface area is 217 Å². The maximum absolute atomic E-state index is 12.8. The third-order valence-corrected chi connectivity index (χ3v) is 6.29. The molecule has 0 amide bonds. The predicted octanol–water partition coefficient (Wildman–Crippen LogP) is 6.49. The zero-order chi connectivity index (χ0) is 26.6. The van der Waals surface area contributed by atoms with Crippen molar-refractivity contribution in [2.45, 2.75) is 57.2 Å². The van der Waals surface area contributed by atoms with E-state index in [0.717, 1.165) is 30.6 Å². The number of hydrogen-bond acceptors (Lipinski definition) is 4. The molecule has 2 aromatic heterocycles. The van der Waals surface area contributed by atoms with Crippen molar-refractivity contribution in [3.05, 3.63) is 109 Å². The molecule has 1 saturated carbocycles. The summed E-state index contributed by atoms with van der Waals surface area (Å²) in [6.45, 7) is 10.1. The van der Waals surface area contributed by atoms with Gasteiger partial charge in [0.25, 0.3) is 6.43 Å². The number of alkyl halides is 2. The highest BCUT2D eigenvalue weighted by atomic mass is 19.3. The number of halogens is 3. The van der Waals surface area contributed by atoms with E-state index < -0.39 is 6.43 Å². The van der Waals surface area contributed by atoms with Gasteiger partial charge in [-0.1, -0.05) is 49.1 Å². The van der Waals surface area contributed by atoms with Gasteiger partial charge in [0.15, 0.2) is 0 Å². The van der Waals surface area contributed by atoms with Crippen molar-refractivity contribution in [2.75, 3.05) is 13.6 Å². The van der Waals surface area contributed by atoms with Crippen LogP contribution in [0.4, 0.5) is 13.2 Å². The quantitative estimate of drug-likeness (QED) is 0.277. The first-order chi connectivity index (χ1) is 17.9. The smallest absolute Gasteiger partial charge is 0.282 e. The van der Waals surface area contributed by atoms with Crippen molar-refractivity contribution in [1.29, 1.82) is 0 Å². The van der Waals surface area contributed by atoms with E-state index in [1.165, 1.54) is 48.1 Å². The van der Waals surface area contributed by atoms with Gasteiger partial charge in [-0.05, 0) is 62.9 Å². The molecule has 2 fully saturated rings. The van der Waals surface area contributed by atoms with Gasteiger partial charge in [-0.25, -0.2) is 13.8 Å². The van der Waals surface area contributed by atoms with Crippen LogP contribution in [0.25, 0.3) is 0 Å². The monoisotopic (exact) mass is 511 g/mol. The predicted molar refractivity (Wildman–Crippen MR) is 142 cm³/mol. The number of likely N-dealkylation sites (N-methyl/N-ethyl adjacent to an activating group) is 1. The first kappa shape index (κ1) is 28.2. The Morgan fingerprint density at radius 3 is 2.46 bits per heavy atom. The molecule has 0 bridgehead atoms. The molecule has 1 N–H and O–H groups in total. The lowest BCUT2D eigenvalue weighted by Gasteiger charge is -2.22. The summed E-state index contributed by atoms with van der Waals surface area (Å²) in [7, 11) is 2.17. The van der Waals surface area contributed by atoms with Gasteiger partial charge in [0.05, 0.1) is 6.54 Å². The topological polar surface area (TPSA) is 46.0 Å². The highest BCUT2D eigenvalue weighted by Crippen LogP contribution is 2.40. The first-order valence-electron chi connectivity index (χ1n) is 12.6. The lowest BCUT2D eigenvalue weighted by atomic mass is 10.1. The average Bonchev–Trinajstić information content (AvgIpc) is 3.47. The average molecular weight is 512 g/mol. The van der Waals surface area contributed by atoms with Crippen molar-refractivity contribution < 1.29 is 13.2 Å². The number of rotatable bonds is 8. The minimum Gasteiger partial charge on any atom is -0.383 e. The van der Waals surface area contributed by atoms with Gasteiger partial charge in [-0.2, -0.15) is 9.49 Å². The van der Waals surface area contributed by atoms with Gasteiger partial charge < -0.3 is 5.32 Å². The summed E-state index contributed by atoms with van der Waals surface area (Å²) in [5.41, 5.74) is 3.07. The van der Waals surface area contributed by atoms with E-state index in [9.17, 15) is 13.2 Å². The zero-order valence-electron chi connectivity index (χ0n) is 21.4. The van der Waals surface area contributed by atoms with Crippen LogP contribution in [0.15, 0.2) is 85.9 Å². The summed E-state index contributed by atoms with van der Waals surface area (Å²) in [5.74, 6) is 0.179. The van der Waals surface area contributed by atoms with Crippen LogP contribution in [-0.4, -0.2) is 39.3 Å². The summed E-state index contributed by atoms with van der Waals surface area (Å²) in [5, 5.41) is 7.03. The number of aromatic nitrogens is 3. The normalized spacial score (nSPS) is 16.8. The maximum atomic E-state index is 12.8. The summed E-state index contributed by atoms with van der Waals surface area (Å²) >= 11 is 0. The Morgan fingerprint density at radius 2 is 1.89 bits per heavy atom. The van der Waals surface area contributed by atoms with E-state index in [2.05, 4.69) is 64.8 Å². The molecular formula is C29H36F3N5. The Kier molecular flexibility index (Phi) is 11.0. The largest absolute Gasteiger partial charge is 0.383 e. The van der Waals surface area contributed by atoms with E-state index in [1.807, 2.05) is 12.1 Å². The SMILES string of the molecule is C=C(NCc1ccccc1)C1CCCN1C.C=CCn1ccc(C(F)F)n1.Fc1ncccc1C1CC1. The van der Waals surface area contributed by atoms with E-state index in [0.29, 0.717) is 18.5 Å². The minimum atomic E-state index is -2.49. The molecule has 0 spiro atoms. The summed E-state index contributed by atoms with van der Waals surface area (Å²) in [4.78, 5) is 5.95. The van der Waals surface area contributed by atoms with E-state index in [-0.39, 0.29) is 11.6 Å². The number of nitrogens with one attached hydrogen (secondary N) is 1. The Hall–Kier alpha value is -3.39. The highest BCUT2D eigenvalue weighted by molar-refractivity contribution is 5.20. The first-order valence-corrected chi connectivity index (χ1v) is 12.6. The van der Waals surface area contributed by atoms with Gasteiger partial charge in [-0.3, -0.25) is 9.58 Å². The molecule has 0 radical (unpaired) electrons. The lowest BCUT2D eigenvalue weighted by molar-refractivity contribution is 0.145. The molecule has 8 heteroatoms. The molecule has 37 heavy (non-hydrogen) atoms. The van der Waals surface area contributed by atoms with Crippen molar-refractivity contribution >= 4 is 0 Å².